The number of nitrogens with zero attached hydrogens (tertiary/aromatic N) is 6. The van der Waals surface area contributed by atoms with Gasteiger partial charge in [0.15, 0.2) is 0 Å². The fourth-order valence-electron chi connectivity index (χ4n) is 4.01. The molecule has 0 radical (unpaired) electrons. The summed E-state index contributed by atoms with van der Waals surface area (Å²) in [6, 6.07) is 0. The van der Waals surface area contributed by atoms with E-state index in [1.54, 1.807) is 6.33 Å². The summed E-state index contributed by atoms with van der Waals surface area (Å²) in [5.41, 5.74) is 5.16. The SMILES string of the molecule is Cc1noc(C)c1-c1cnc(N(C)C)nc1C1CCCN(Cc2cnc[nH]2)C1. The average molecular weight is 381 g/mol. The highest BCUT2D eigenvalue weighted by molar-refractivity contribution is 5.70. The number of anilines is 1. The van der Waals surface area contributed by atoms with E-state index in [1.807, 2.05) is 45.2 Å². The summed E-state index contributed by atoms with van der Waals surface area (Å²) < 4.78 is 5.42. The molecule has 1 atom stereocenters. The topological polar surface area (TPSA) is 87.0 Å². The van der Waals surface area contributed by atoms with Gasteiger partial charge in [-0.05, 0) is 33.2 Å². The van der Waals surface area contributed by atoms with Gasteiger partial charge in [0.25, 0.3) is 0 Å². The molecule has 28 heavy (non-hydrogen) atoms. The van der Waals surface area contributed by atoms with Crippen LogP contribution in [-0.4, -0.2) is 57.2 Å². The Morgan fingerprint density at radius 3 is 2.82 bits per heavy atom. The predicted molar refractivity (Wildman–Crippen MR) is 107 cm³/mol. The van der Waals surface area contributed by atoms with Gasteiger partial charge in [-0.15, -0.1) is 0 Å². The largest absolute Gasteiger partial charge is 0.361 e. The van der Waals surface area contributed by atoms with E-state index >= 15 is 0 Å². The van der Waals surface area contributed by atoms with Crippen molar-refractivity contribution >= 4 is 5.95 Å². The summed E-state index contributed by atoms with van der Waals surface area (Å²) in [7, 11) is 3.94. The van der Waals surface area contributed by atoms with Crippen LogP contribution in [0.5, 0.6) is 0 Å². The second-order valence-electron chi connectivity index (χ2n) is 7.71. The zero-order chi connectivity index (χ0) is 19.7. The Morgan fingerprint density at radius 2 is 2.14 bits per heavy atom. The van der Waals surface area contributed by atoms with Crippen molar-refractivity contribution in [2.75, 3.05) is 32.1 Å². The number of hydrogen-bond acceptors (Lipinski definition) is 7. The van der Waals surface area contributed by atoms with Crippen LogP contribution in [0.25, 0.3) is 11.1 Å². The predicted octanol–water partition coefficient (Wildman–Crippen LogP) is 2.92. The smallest absolute Gasteiger partial charge is 0.225 e. The van der Waals surface area contributed by atoms with Gasteiger partial charge in [0.05, 0.1) is 23.3 Å². The first-order valence-electron chi connectivity index (χ1n) is 9.70. The molecule has 0 saturated carbocycles. The van der Waals surface area contributed by atoms with Gasteiger partial charge in [0, 0.05) is 56.8 Å². The molecular weight excluding hydrogens is 354 g/mol. The highest BCUT2D eigenvalue weighted by Gasteiger charge is 2.28. The van der Waals surface area contributed by atoms with Crippen LogP contribution in [0.3, 0.4) is 0 Å². The van der Waals surface area contributed by atoms with Crippen LogP contribution in [0.15, 0.2) is 23.2 Å². The normalized spacial score (nSPS) is 17.8. The summed E-state index contributed by atoms with van der Waals surface area (Å²) >= 11 is 0. The Morgan fingerprint density at radius 1 is 1.29 bits per heavy atom. The highest BCUT2D eigenvalue weighted by Crippen LogP contribution is 2.36. The number of rotatable bonds is 5. The highest BCUT2D eigenvalue weighted by atomic mass is 16.5. The first kappa shape index (κ1) is 18.6. The fourth-order valence-corrected chi connectivity index (χ4v) is 4.01. The van der Waals surface area contributed by atoms with E-state index in [1.165, 1.54) is 0 Å². The van der Waals surface area contributed by atoms with Gasteiger partial charge in [-0.25, -0.2) is 15.0 Å². The molecule has 1 saturated heterocycles. The molecule has 3 aromatic rings. The van der Waals surface area contributed by atoms with Crippen molar-refractivity contribution in [2.24, 2.45) is 0 Å². The van der Waals surface area contributed by atoms with Crippen molar-refractivity contribution < 1.29 is 4.52 Å². The molecule has 1 fully saturated rings. The summed E-state index contributed by atoms with van der Waals surface area (Å²) in [5.74, 6) is 1.88. The van der Waals surface area contributed by atoms with Crippen LogP contribution in [0.1, 0.15) is 41.6 Å². The maximum atomic E-state index is 5.42. The summed E-state index contributed by atoms with van der Waals surface area (Å²) in [6.45, 7) is 6.84. The number of likely N-dealkylation sites (tertiary alicyclic amines) is 1. The molecule has 8 heteroatoms. The number of H-pyrrole nitrogens is 1. The number of nitrogens with one attached hydrogen (secondary N) is 1. The quantitative estimate of drug-likeness (QED) is 0.727. The molecule has 1 N–H and O–H groups in total. The lowest BCUT2D eigenvalue weighted by atomic mass is 9.89. The van der Waals surface area contributed by atoms with Crippen molar-refractivity contribution in [2.45, 2.75) is 39.2 Å². The van der Waals surface area contributed by atoms with Crippen LogP contribution >= 0.6 is 0 Å². The van der Waals surface area contributed by atoms with Gasteiger partial charge in [0.2, 0.25) is 5.95 Å². The van der Waals surface area contributed by atoms with Crippen molar-refractivity contribution in [3.8, 4) is 11.1 Å². The average Bonchev–Trinajstić information content (AvgIpc) is 3.31. The third kappa shape index (κ3) is 3.64. The Kier molecular flexibility index (Phi) is 5.13. The van der Waals surface area contributed by atoms with Crippen LogP contribution in [0.2, 0.25) is 0 Å². The second kappa shape index (κ2) is 7.71. The van der Waals surface area contributed by atoms with Crippen molar-refractivity contribution in [3.63, 3.8) is 0 Å². The first-order chi connectivity index (χ1) is 13.5. The van der Waals surface area contributed by atoms with Gasteiger partial charge < -0.3 is 14.4 Å². The fraction of sp³-hybridized carbons (Fsp3) is 0.500. The summed E-state index contributed by atoms with van der Waals surface area (Å²) in [4.78, 5) is 21.3. The van der Waals surface area contributed by atoms with Crippen LogP contribution in [-0.2, 0) is 6.54 Å². The molecule has 4 heterocycles. The number of aromatic nitrogens is 5. The van der Waals surface area contributed by atoms with Crippen molar-refractivity contribution in [1.82, 2.24) is 30.0 Å². The molecule has 3 aromatic heterocycles. The van der Waals surface area contributed by atoms with E-state index < -0.39 is 0 Å². The summed E-state index contributed by atoms with van der Waals surface area (Å²) in [6.07, 6.45) is 7.81. The zero-order valence-corrected chi connectivity index (χ0v) is 16.9. The summed E-state index contributed by atoms with van der Waals surface area (Å²) in [5, 5.41) is 4.14. The molecule has 8 nitrogen and oxygen atoms in total. The lowest BCUT2D eigenvalue weighted by molar-refractivity contribution is 0.197. The Hall–Kier alpha value is -2.74. The number of imidazole rings is 1. The van der Waals surface area contributed by atoms with E-state index in [-0.39, 0.29) is 0 Å². The maximum absolute atomic E-state index is 5.42. The first-order valence-corrected chi connectivity index (χ1v) is 9.70. The molecule has 1 unspecified atom stereocenters. The van der Waals surface area contributed by atoms with Crippen molar-refractivity contribution in [3.05, 3.63) is 41.6 Å². The van der Waals surface area contributed by atoms with E-state index in [9.17, 15) is 0 Å². The molecule has 148 valence electrons. The van der Waals surface area contributed by atoms with E-state index in [2.05, 4.69) is 25.0 Å². The van der Waals surface area contributed by atoms with Gasteiger partial charge in [-0.1, -0.05) is 5.16 Å². The Labute approximate surface area is 165 Å². The monoisotopic (exact) mass is 381 g/mol. The molecule has 0 spiro atoms. The lowest BCUT2D eigenvalue weighted by Crippen LogP contribution is -2.34. The van der Waals surface area contributed by atoms with Gasteiger partial charge >= 0.3 is 0 Å². The molecule has 0 amide bonds. The number of aromatic amines is 1. The van der Waals surface area contributed by atoms with E-state index in [4.69, 9.17) is 9.51 Å². The Bertz CT molecular complexity index is 913. The molecule has 4 rings (SSSR count). The zero-order valence-electron chi connectivity index (χ0n) is 16.9. The number of piperidine rings is 1. The van der Waals surface area contributed by atoms with Gasteiger partial charge in [-0.3, -0.25) is 4.90 Å². The standard InChI is InChI=1S/C20H27N7O/c1-13-18(14(2)28-25-13)17-9-22-20(26(3)4)24-19(17)15-6-5-7-27(10-15)11-16-8-21-12-23-16/h8-9,12,15H,5-7,10-11H2,1-4H3,(H,21,23). The van der Waals surface area contributed by atoms with E-state index in [0.717, 1.165) is 72.4 Å². The number of hydrogen-bond donors (Lipinski definition) is 1. The van der Waals surface area contributed by atoms with Gasteiger partial charge in [0.1, 0.15) is 5.76 Å². The van der Waals surface area contributed by atoms with Gasteiger partial charge in [-0.2, -0.15) is 0 Å². The minimum absolute atomic E-state index is 0.335. The van der Waals surface area contributed by atoms with Crippen LogP contribution in [0.4, 0.5) is 5.95 Å². The third-order valence-electron chi connectivity index (χ3n) is 5.35. The third-order valence-corrected chi connectivity index (χ3v) is 5.35. The molecule has 0 aliphatic carbocycles. The van der Waals surface area contributed by atoms with Crippen LogP contribution < -0.4 is 4.90 Å². The molecule has 0 aromatic carbocycles. The molecular formula is C20H27N7O. The minimum Gasteiger partial charge on any atom is -0.361 e. The second-order valence-corrected chi connectivity index (χ2v) is 7.71. The Balaban J connectivity index is 1.69. The molecule has 1 aliphatic heterocycles. The minimum atomic E-state index is 0.335. The van der Waals surface area contributed by atoms with Crippen LogP contribution in [0, 0.1) is 13.8 Å². The van der Waals surface area contributed by atoms with Crippen molar-refractivity contribution in [1.29, 1.82) is 0 Å². The van der Waals surface area contributed by atoms with E-state index in [0.29, 0.717) is 5.92 Å². The maximum Gasteiger partial charge on any atom is 0.225 e. The lowest BCUT2D eigenvalue weighted by Gasteiger charge is -2.33. The number of aryl methyl sites for hydroxylation is 2. The molecule has 0 bridgehead atoms. The molecule has 1 aliphatic rings.